The van der Waals surface area contributed by atoms with Crippen molar-refractivity contribution in [2.45, 2.75) is 25.4 Å². The van der Waals surface area contributed by atoms with E-state index in [0.717, 1.165) is 13.0 Å². The molecule has 0 aromatic heterocycles. The van der Waals surface area contributed by atoms with E-state index < -0.39 is 0 Å². The summed E-state index contributed by atoms with van der Waals surface area (Å²) in [5.41, 5.74) is 0.611. The van der Waals surface area contributed by atoms with Crippen molar-refractivity contribution >= 4 is 11.4 Å². The molecule has 0 saturated carbocycles. The van der Waals surface area contributed by atoms with E-state index in [1.165, 1.54) is 13.2 Å². The summed E-state index contributed by atoms with van der Waals surface area (Å²) in [5, 5.41) is 14.4. The Kier molecular flexibility index (Phi) is 3.90. The molecule has 0 bridgehead atoms. The summed E-state index contributed by atoms with van der Waals surface area (Å²) in [6.45, 7) is 3.05. The van der Waals surface area contributed by atoms with Gasteiger partial charge in [-0.15, -0.1) is 0 Å². The van der Waals surface area contributed by atoms with E-state index in [-0.39, 0.29) is 16.7 Å². The maximum atomic E-state index is 11.1. The number of ether oxygens (including phenoxy) is 1. The van der Waals surface area contributed by atoms with Crippen molar-refractivity contribution in [3.63, 3.8) is 0 Å². The normalized spacial score (nSPS) is 23.3. The molecule has 1 fully saturated rings. The van der Waals surface area contributed by atoms with Crippen molar-refractivity contribution < 1.29 is 9.66 Å². The third kappa shape index (κ3) is 2.96. The zero-order valence-corrected chi connectivity index (χ0v) is 11.4. The topological polar surface area (TPSA) is 67.6 Å². The number of hydrogen-bond acceptors (Lipinski definition) is 5. The number of anilines is 1. The highest BCUT2D eigenvalue weighted by atomic mass is 16.6. The smallest absolute Gasteiger partial charge is 0.296 e. The lowest BCUT2D eigenvalue weighted by molar-refractivity contribution is -0.384. The number of nitro groups is 1. The number of nitro benzene ring substituents is 1. The van der Waals surface area contributed by atoms with E-state index in [4.69, 9.17) is 4.74 Å². The van der Waals surface area contributed by atoms with Crippen LogP contribution in [0.3, 0.4) is 0 Å². The molecule has 6 heteroatoms. The molecule has 1 saturated heterocycles. The molecule has 19 heavy (non-hydrogen) atoms. The first-order valence-corrected chi connectivity index (χ1v) is 6.30. The predicted octanol–water partition coefficient (Wildman–Crippen LogP) is 2.11. The van der Waals surface area contributed by atoms with Crippen LogP contribution in [0.1, 0.15) is 13.3 Å². The van der Waals surface area contributed by atoms with Crippen LogP contribution >= 0.6 is 0 Å². The third-order valence-corrected chi connectivity index (χ3v) is 3.65. The zero-order chi connectivity index (χ0) is 14.0. The second-order valence-corrected chi connectivity index (χ2v) is 5.01. The van der Waals surface area contributed by atoms with Gasteiger partial charge in [-0.1, -0.05) is 0 Å². The highest BCUT2D eigenvalue weighted by Gasteiger charge is 2.27. The first-order chi connectivity index (χ1) is 9.01. The number of nitrogens with one attached hydrogen (secondary N) is 1. The molecule has 104 valence electrons. The Morgan fingerprint density at radius 2 is 2.26 bits per heavy atom. The standard InChI is InChI=1S/C13H19N3O3/c1-9-6-10(8-15(9)2)14-12-5-4-11(19-3)7-13(12)16(17)18/h4-5,7,9-10,14H,6,8H2,1-3H3. The monoisotopic (exact) mass is 265 g/mol. The summed E-state index contributed by atoms with van der Waals surface area (Å²) in [7, 11) is 3.56. The molecular formula is C13H19N3O3. The summed E-state index contributed by atoms with van der Waals surface area (Å²) >= 11 is 0. The van der Waals surface area contributed by atoms with Gasteiger partial charge in [0.25, 0.3) is 5.69 Å². The predicted molar refractivity (Wildman–Crippen MR) is 73.8 cm³/mol. The van der Waals surface area contributed by atoms with Gasteiger partial charge in [0.1, 0.15) is 11.4 Å². The molecule has 1 aromatic rings. The van der Waals surface area contributed by atoms with Gasteiger partial charge in [0.2, 0.25) is 0 Å². The van der Waals surface area contributed by atoms with Crippen molar-refractivity contribution in [3.8, 4) is 5.75 Å². The average molecular weight is 265 g/mol. The summed E-state index contributed by atoms with van der Waals surface area (Å²) in [6, 6.07) is 5.63. The van der Waals surface area contributed by atoms with Gasteiger partial charge in [0.15, 0.2) is 0 Å². The van der Waals surface area contributed by atoms with Gasteiger partial charge in [0.05, 0.1) is 18.1 Å². The summed E-state index contributed by atoms with van der Waals surface area (Å²) in [6.07, 6.45) is 0.986. The van der Waals surface area contributed by atoms with Crippen molar-refractivity contribution in [3.05, 3.63) is 28.3 Å². The molecule has 2 unspecified atom stereocenters. The number of likely N-dealkylation sites (tertiary alicyclic amines) is 1. The Labute approximate surface area is 112 Å². The SMILES string of the molecule is COc1ccc(NC2CC(C)N(C)C2)c([N+](=O)[O-])c1. The third-order valence-electron chi connectivity index (χ3n) is 3.65. The average Bonchev–Trinajstić information content (AvgIpc) is 2.68. The van der Waals surface area contributed by atoms with Gasteiger partial charge in [-0.25, -0.2) is 0 Å². The van der Waals surface area contributed by atoms with Gasteiger partial charge >= 0.3 is 0 Å². The van der Waals surface area contributed by atoms with Crippen molar-refractivity contribution in [2.24, 2.45) is 0 Å². The Bertz CT molecular complexity index is 468. The Balaban J connectivity index is 2.18. The van der Waals surface area contributed by atoms with E-state index in [2.05, 4.69) is 24.2 Å². The first kappa shape index (κ1) is 13.6. The molecule has 0 aliphatic carbocycles. The van der Waals surface area contributed by atoms with Crippen LogP contribution < -0.4 is 10.1 Å². The first-order valence-electron chi connectivity index (χ1n) is 6.30. The number of likely N-dealkylation sites (N-methyl/N-ethyl adjacent to an activating group) is 1. The van der Waals surface area contributed by atoms with Crippen LogP contribution in [-0.2, 0) is 0 Å². The molecule has 2 atom stereocenters. The van der Waals surface area contributed by atoms with Crippen LogP contribution in [0.15, 0.2) is 18.2 Å². The number of benzene rings is 1. The molecule has 1 heterocycles. The molecule has 1 aliphatic rings. The van der Waals surface area contributed by atoms with Crippen molar-refractivity contribution in [1.82, 2.24) is 4.90 Å². The van der Waals surface area contributed by atoms with E-state index in [9.17, 15) is 10.1 Å². The highest BCUT2D eigenvalue weighted by Crippen LogP contribution is 2.31. The summed E-state index contributed by atoms with van der Waals surface area (Å²) in [4.78, 5) is 13.0. The van der Waals surface area contributed by atoms with E-state index in [0.29, 0.717) is 17.5 Å². The Morgan fingerprint density at radius 3 is 2.79 bits per heavy atom. The van der Waals surface area contributed by atoms with Gasteiger partial charge < -0.3 is 15.0 Å². The van der Waals surface area contributed by atoms with E-state index in [1.54, 1.807) is 12.1 Å². The maximum Gasteiger partial charge on any atom is 0.296 e. The van der Waals surface area contributed by atoms with Crippen LogP contribution in [0, 0.1) is 10.1 Å². The highest BCUT2D eigenvalue weighted by molar-refractivity contribution is 5.64. The quantitative estimate of drug-likeness (QED) is 0.667. The molecule has 1 aromatic carbocycles. The number of nitrogens with zero attached hydrogens (tertiary/aromatic N) is 2. The van der Waals surface area contributed by atoms with Crippen LogP contribution in [0.25, 0.3) is 0 Å². The van der Waals surface area contributed by atoms with Crippen LogP contribution in [0.4, 0.5) is 11.4 Å². The van der Waals surface area contributed by atoms with Crippen LogP contribution in [0.2, 0.25) is 0 Å². The fourth-order valence-corrected chi connectivity index (χ4v) is 2.43. The minimum Gasteiger partial charge on any atom is -0.496 e. The zero-order valence-electron chi connectivity index (χ0n) is 11.4. The lowest BCUT2D eigenvalue weighted by atomic mass is 10.1. The molecule has 6 nitrogen and oxygen atoms in total. The fourth-order valence-electron chi connectivity index (χ4n) is 2.43. The summed E-state index contributed by atoms with van der Waals surface area (Å²) < 4.78 is 5.02. The Hall–Kier alpha value is -1.82. The molecule has 0 spiro atoms. The molecular weight excluding hydrogens is 246 g/mol. The van der Waals surface area contributed by atoms with Gasteiger partial charge in [-0.05, 0) is 32.5 Å². The number of methoxy groups -OCH3 is 1. The molecule has 1 N–H and O–H groups in total. The summed E-state index contributed by atoms with van der Waals surface area (Å²) in [5.74, 6) is 0.495. The second kappa shape index (κ2) is 5.44. The van der Waals surface area contributed by atoms with E-state index >= 15 is 0 Å². The minimum absolute atomic E-state index is 0.0570. The van der Waals surface area contributed by atoms with Crippen molar-refractivity contribution in [1.29, 1.82) is 0 Å². The van der Waals surface area contributed by atoms with Crippen LogP contribution in [-0.4, -0.2) is 42.6 Å². The second-order valence-electron chi connectivity index (χ2n) is 5.01. The fraction of sp³-hybridized carbons (Fsp3) is 0.538. The minimum atomic E-state index is -0.382. The van der Waals surface area contributed by atoms with Gasteiger partial charge in [0, 0.05) is 18.6 Å². The lowest BCUT2D eigenvalue weighted by Gasteiger charge is -2.14. The van der Waals surface area contributed by atoms with Gasteiger partial charge in [-0.2, -0.15) is 0 Å². The maximum absolute atomic E-state index is 11.1. The molecule has 0 radical (unpaired) electrons. The molecule has 0 amide bonds. The molecule has 2 rings (SSSR count). The Morgan fingerprint density at radius 1 is 1.53 bits per heavy atom. The largest absolute Gasteiger partial charge is 0.496 e. The number of rotatable bonds is 4. The van der Waals surface area contributed by atoms with E-state index in [1.807, 2.05) is 0 Å². The molecule has 1 aliphatic heterocycles. The van der Waals surface area contributed by atoms with Crippen LogP contribution in [0.5, 0.6) is 5.75 Å². The number of hydrogen-bond donors (Lipinski definition) is 1. The van der Waals surface area contributed by atoms with Gasteiger partial charge in [-0.3, -0.25) is 10.1 Å². The lowest BCUT2D eigenvalue weighted by Crippen LogP contribution is -2.25. The van der Waals surface area contributed by atoms with Crippen molar-refractivity contribution in [2.75, 3.05) is 26.0 Å².